The number of allylic oxidation sites excluding steroid dienone is 1. The van der Waals surface area contributed by atoms with Crippen molar-refractivity contribution in [1.82, 2.24) is 5.32 Å². The summed E-state index contributed by atoms with van der Waals surface area (Å²) in [6.45, 7) is 6.63. The van der Waals surface area contributed by atoms with Crippen molar-refractivity contribution in [3.8, 4) is 0 Å². The quantitative estimate of drug-likeness (QED) is 0.397. The zero-order valence-corrected chi connectivity index (χ0v) is 7.38. The molecule has 12 heavy (non-hydrogen) atoms. The lowest BCUT2D eigenvalue weighted by Crippen LogP contribution is -2.23. The van der Waals surface area contributed by atoms with Crippen LogP contribution in [0.5, 0.6) is 0 Å². The van der Waals surface area contributed by atoms with Crippen LogP contribution in [-0.4, -0.2) is 19.3 Å². The van der Waals surface area contributed by atoms with E-state index in [9.17, 15) is 0 Å². The van der Waals surface area contributed by atoms with Gasteiger partial charge in [-0.05, 0) is 13.0 Å². The molecular formula is C8H16N4. The van der Waals surface area contributed by atoms with Crippen LogP contribution in [0.4, 0.5) is 0 Å². The SMILES string of the molecule is C=C/C(NCCN)=C(/N)N=CC. The molecule has 68 valence electrons. The third-order valence-electron chi connectivity index (χ3n) is 1.21. The summed E-state index contributed by atoms with van der Waals surface area (Å²) < 4.78 is 0. The monoisotopic (exact) mass is 168 g/mol. The van der Waals surface area contributed by atoms with Gasteiger partial charge in [-0.3, -0.25) is 0 Å². The molecule has 0 amide bonds. The Morgan fingerprint density at radius 3 is 2.75 bits per heavy atom. The van der Waals surface area contributed by atoms with Crippen molar-refractivity contribution in [3.05, 3.63) is 24.2 Å². The van der Waals surface area contributed by atoms with Crippen LogP contribution in [0.1, 0.15) is 6.92 Å². The zero-order valence-electron chi connectivity index (χ0n) is 7.38. The number of aliphatic imine (C=N–C) groups is 1. The third-order valence-corrected chi connectivity index (χ3v) is 1.21. The summed E-state index contributed by atoms with van der Waals surface area (Å²) in [5, 5.41) is 3.00. The molecular weight excluding hydrogens is 152 g/mol. The van der Waals surface area contributed by atoms with E-state index in [4.69, 9.17) is 11.5 Å². The molecule has 0 fully saturated rings. The molecule has 0 aliphatic carbocycles. The molecule has 0 aromatic rings. The van der Waals surface area contributed by atoms with Crippen LogP contribution in [0.25, 0.3) is 0 Å². The van der Waals surface area contributed by atoms with Gasteiger partial charge in [0.05, 0.1) is 5.70 Å². The van der Waals surface area contributed by atoms with Gasteiger partial charge in [-0.15, -0.1) is 0 Å². The maximum absolute atomic E-state index is 5.59. The second kappa shape index (κ2) is 6.42. The van der Waals surface area contributed by atoms with Gasteiger partial charge in [-0.1, -0.05) is 6.58 Å². The molecule has 0 heterocycles. The molecule has 0 saturated carbocycles. The summed E-state index contributed by atoms with van der Waals surface area (Å²) in [5.74, 6) is 0.431. The lowest BCUT2D eigenvalue weighted by Gasteiger charge is -2.06. The van der Waals surface area contributed by atoms with Crippen LogP contribution in [0.2, 0.25) is 0 Å². The predicted molar refractivity (Wildman–Crippen MR) is 52.6 cm³/mol. The Morgan fingerprint density at radius 1 is 1.67 bits per heavy atom. The van der Waals surface area contributed by atoms with Crippen LogP contribution < -0.4 is 16.8 Å². The normalized spacial score (nSPS) is 12.8. The Balaban J connectivity index is 4.28. The number of hydrogen-bond acceptors (Lipinski definition) is 4. The van der Waals surface area contributed by atoms with Crippen LogP contribution in [0.3, 0.4) is 0 Å². The van der Waals surface area contributed by atoms with Gasteiger partial charge in [0.15, 0.2) is 0 Å². The summed E-state index contributed by atoms with van der Waals surface area (Å²) in [4.78, 5) is 3.91. The summed E-state index contributed by atoms with van der Waals surface area (Å²) in [6, 6.07) is 0. The average molecular weight is 168 g/mol. The first-order chi connectivity index (χ1) is 5.76. The van der Waals surface area contributed by atoms with Crippen molar-refractivity contribution in [3.63, 3.8) is 0 Å². The summed E-state index contributed by atoms with van der Waals surface area (Å²) in [6.07, 6.45) is 3.25. The molecule has 4 heteroatoms. The molecule has 0 aliphatic heterocycles. The van der Waals surface area contributed by atoms with E-state index in [2.05, 4.69) is 16.9 Å². The maximum atomic E-state index is 5.59. The van der Waals surface area contributed by atoms with Gasteiger partial charge in [-0.2, -0.15) is 0 Å². The molecule has 0 spiro atoms. The standard InChI is InChI=1S/C8H16N4/c1-3-7(12-6-5-9)8(10)11-4-2/h3-4,12H,1,5-6,9-10H2,2H3/b8-7+,11-4?. The fourth-order valence-corrected chi connectivity index (χ4v) is 0.683. The van der Waals surface area contributed by atoms with E-state index < -0.39 is 0 Å². The largest absolute Gasteiger partial charge is 0.382 e. The highest BCUT2D eigenvalue weighted by atomic mass is 15.0. The van der Waals surface area contributed by atoms with Gasteiger partial charge in [0, 0.05) is 19.3 Å². The molecule has 0 saturated heterocycles. The first-order valence-electron chi connectivity index (χ1n) is 3.81. The minimum Gasteiger partial charge on any atom is -0.382 e. The van der Waals surface area contributed by atoms with Crippen LogP contribution >= 0.6 is 0 Å². The molecule has 0 aromatic heterocycles. The van der Waals surface area contributed by atoms with Gasteiger partial charge in [0.1, 0.15) is 5.82 Å². The van der Waals surface area contributed by atoms with E-state index >= 15 is 0 Å². The second-order valence-electron chi connectivity index (χ2n) is 2.11. The number of nitrogens with two attached hydrogens (primary N) is 2. The number of nitrogens with one attached hydrogen (secondary N) is 1. The van der Waals surface area contributed by atoms with Crippen molar-refractivity contribution in [1.29, 1.82) is 0 Å². The fourth-order valence-electron chi connectivity index (χ4n) is 0.683. The van der Waals surface area contributed by atoms with Crippen LogP contribution in [-0.2, 0) is 0 Å². The zero-order chi connectivity index (χ0) is 9.40. The molecule has 0 atom stereocenters. The summed E-state index contributed by atoms with van der Waals surface area (Å²) >= 11 is 0. The number of rotatable bonds is 5. The Labute approximate surface area is 73.0 Å². The van der Waals surface area contributed by atoms with Gasteiger partial charge in [-0.25, -0.2) is 4.99 Å². The molecule has 0 bridgehead atoms. The summed E-state index contributed by atoms with van der Waals surface area (Å²) in [5.41, 5.74) is 11.6. The molecule has 0 radical (unpaired) electrons. The number of hydrogen-bond donors (Lipinski definition) is 3. The van der Waals surface area contributed by atoms with E-state index in [1.54, 1.807) is 19.2 Å². The highest BCUT2D eigenvalue weighted by Crippen LogP contribution is 1.95. The van der Waals surface area contributed by atoms with Crippen molar-refractivity contribution in [2.45, 2.75) is 6.92 Å². The smallest absolute Gasteiger partial charge is 0.146 e. The topological polar surface area (TPSA) is 76.4 Å². The molecule has 0 unspecified atom stereocenters. The average Bonchev–Trinajstić information content (AvgIpc) is 2.06. The lowest BCUT2D eigenvalue weighted by atomic mass is 10.4. The summed E-state index contributed by atoms with van der Waals surface area (Å²) in [7, 11) is 0. The van der Waals surface area contributed by atoms with Gasteiger partial charge in [0.25, 0.3) is 0 Å². The van der Waals surface area contributed by atoms with Gasteiger partial charge >= 0.3 is 0 Å². The van der Waals surface area contributed by atoms with Crippen molar-refractivity contribution >= 4 is 6.21 Å². The molecule has 0 aromatic carbocycles. The Hall–Kier alpha value is -1.29. The molecule has 0 aliphatic rings. The predicted octanol–water partition coefficient (Wildman–Crippen LogP) is -0.0608. The van der Waals surface area contributed by atoms with E-state index in [1.165, 1.54) is 0 Å². The van der Waals surface area contributed by atoms with E-state index in [0.29, 0.717) is 18.9 Å². The van der Waals surface area contributed by atoms with Crippen molar-refractivity contribution in [2.24, 2.45) is 16.5 Å². The molecule has 4 nitrogen and oxygen atoms in total. The van der Waals surface area contributed by atoms with Gasteiger partial charge in [0.2, 0.25) is 0 Å². The second-order valence-corrected chi connectivity index (χ2v) is 2.11. The van der Waals surface area contributed by atoms with E-state index in [1.807, 2.05) is 0 Å². The van der Waals surface area contributed by atoms with Crippen LogP contribution in [0.15, 0.2) is 29.2 Å². The van der Waals surface area contributed by atoms with E-state index in [-0.39, 0.29) is 0 Å². The lowest BCUT2D eigenvalue weighted by molar-refractivity contribution is 0.801. The van der Waals surface area contributed by atoms with Crippen molar-refractivity contribution < 1.29 is 0 Å². The van der Waals surface area contributed by atoms with Gasteiger partial charge < -0.3 is 16.8 Å². The highest BCUT2D eigenvalue weighted by Gasteiger charge is 1.94. The first kappa shape index (κ1) is 10.7. The highest BCUT2D eigenvalue weighted by molar-refractivity contribution is 5.55. The van der Waals surface area contributed by atoms with Crippen LogP contribution in [0, 0.1) is 0 Å². The fraction of sp³-hybridized carbons (Fsp3) is 0.375. The Morgan fingerprint density at radius 2 is 2.33 bits per heavy atom. The molecule has 0 rings (SSSR count). The third kappa shape index (κ3) is 3.78. The number of nitrogens with zero attached hydrogens (tertiary/aromatic N) is 1. The Bertz CT molecular complexity index is 193. The van der Waals surface area contributed by atoms with E-state index in [0.717, 1.165) is 5.70 Å². The minimum atomic E-state index is 0.431. The Kier molecular flexibility index (Phi) is 5.73. The van der Waals surface area contributed by atoms with Crippen molar-refractivity contribution in [2.75, 3.05) is 13.1 Å². The maximum Gasteiger partial charge on any atom is 0.146 e. The molecule has 5 N–H and O–H groups in total. The first-order valence-corrected chi connectivity index (χ1v) is 3.81. The minimum absolute atomic E-state index is 0.431.